The van der Waals surface area contributed by atoms with Crippen LogP contribution in [0, 0.1) is 0 Å². The third kappa shape index (κ3) is 0.301. The lowest BCUT2D eigenvalue weighted by Gasteiger charge is -2.05. The molecule has 0 fully saturated rings. The number of hydrogen-bond acceptors (Lipinski definition) is 2. The standard InChI is InChI=1S/C7H4N2O/c1-2-9-6(1)3-5-4-8-10-7(5)9/h1-4H. The molecule has 1 aliphatic rings. The van der Waals surface area contributed by atoms with E-state index in [0.29, 0.717) is 0 Å². The predicted molar refractivity (Wildman–Crippen MR) is 37.2 cm³/mol. The van der Waals surface area contributed by atoms with Gasteiger partial charge in [-0.25, -0.2) is 0 Å². The molecule has 3 heteroatoms. The summed E-state index contributed by atoms with van der Waals surface area (Å²) in [5.41, 5.74) is 2.04. The molecule has 0 bridgehead atoms. The van der Waals surface area contributed by atoms with Gasteiger partial charge in [-0.3, -0.25) is 4.57 Å². The highest BCUT2D eigenvalue weighted by molar-refractivity contribution is 5.87. The van der Waals surface area contributed by atoms with Gasteiger partial charge in [0.1, 0.15) is 0 Å². The van der Waals surface area contributed by atoms with Crippen molar-refractivity contribution in [2.75, 3.05) is 0 Å². The van der Waals surface area contributed by atoms with Crippen LogP contribution in [0.15, 0.2) is 16.8 Å². The van der Waals surface area contributed by atoms with Gasteiger partial charge in [-0.2, -0.15) is 0 Å². The van der Waals surface area contributed by atoms with Gasteiger partial charge in [-0.1, -0.05) is 5.16 Å². The molecule has 3 heterocycles. The molecule has 0 radical (unpaired) electrons. The van der Waals surface area contributed by atoms with E-state index in [1.54, 1.807) is 6.20 Å². The lowest BCUT2D eigenvalue weighted by molar-refractivity contribution is 0.444. The molecule has 1 aliphatic heterocycles. The van der Waals surface area contributed by atoms with Crippen LogP contribution in [0.1, 0.15) is 5.69 Å². The van der Waals surface area contributed by atoms with Gasteiger partial charge < -0.3 is 4.52 Å². The van der Waals surface area contributed by atoms with Gasteiger partial charge in [0.2, 0.25) is 5.71 Å². The average Bonchev–Trinajstić information content (AvgIpc) is 2.35. The summed E-state index contributed by atoms with van der Waals surface area (Å²) in [5, 5.41) is 4.74. The van der Waals surface area contributed by atoms with Crippen molar-refractivity contribution in [1.82, 2.24) is 9.72 Å². The zero-order valence-corrected chi connectivity index (χ0v) is 5.11. The third-order valence-electron chi connectivity index (χ3n) is 1.77. The van der Waals surface area contributed by atoms with Gasteiger partial charge in [-0.15, -0.1) is 0 Å². The Bertz CT molecular complexity index is 422. The summed E-state index contributed by atoms with van der Waals surface area (Å²) in [5.74, 6) is 0. The summed E-state index contributed by atoms with van der Waals surface area (Å²) in [6.45, 7) is 0. The molecule has 2 aromatic rings. The first kappa shape index (κ1) is 4.33. The molecule has 0 aliphatic carbocycles. The maximum absolute atomic E-state index is 4.98. The third-order valence-corrected chi connectivity index (χ3v) is 1.77. The summed E-state index contributed by atoms with van der Waals surface area (Å²) in [7, 11) is 0. The summed E-state index contributed by atoms with van der Waals surface area (Å²) < 4.78 is 6.96. The van der Waals surface area contributed by atoms with E-state index in [1.807, 2.05) is 22.9 Å². The second kappa shape index (κ2) is 1.16. The molecule has 3 nitrogen and oxygen atoms in total. The topological polar surface area (TPSA) is 31.0 Å². The van der Waals surface area contributed by atoms with Crippen molar-refractivity contribution in [1.29, 1.82) is 0 Å². The van der Waals surface area contributed by atoms with Crippen LogP contribution >= 0.6 is 0 Å². The van der Waals surface area contributed by atoms with Gasteiger partial charge >= 0.3 is 0 Å². The van der Waals surface area contributed by atoms with E-state index in [1.165, 1.54) is 5.69 Å². The van der Waals surface area contributed by atoms with E-state index in [9.17, 15) is 0 Å². The van der Waals surface area contributed by atoms with E-state index in [0.717, 1.165) is 11.1 Å². The van der Waals surface area contributed by atoms with Gasteiger partial charge in [0.15, 0.2) is 0 Å². The number of nitrogens with zero attached hydrogens (tertiary/aromatic N) is 2. The first-order chi connectivity index (χ1) is 4.95. The molecule has 0 aromatic carbocycles. The van der Waals surface area contributed by atoms with Crippen molar-refractivity contribution in [3.8, 4) is 0 Å². The summed E-state index contributed by atoms with van der Waals surface area (Å²) in [6, 6.07) is 2.05. The second-order valence-electron chi connectivity index (χ2n) is 2.34. The minimum absolute atomic E-state index is 0.845. The number of rotatable bonds is 0. The SMILES string of the molecule is C1=Cn2c1cc1cnoc12. The van der Waals surface area contributed by atoms with Crippen molar-refractivity contribution in [3.05, 3.63) is 18.0 Å². The zero-order valence-electron chi connectivity index (χ0n) is 5.11. The lowest BCUT2D eigenvalue weighted by atomic mass is 10.3. The van der Waals surface area contributed by atoms with Crippen molar-refractivity contribution >= 4 is 23.4 Å². The summed E-state index contributed by atoms with van der Waals surface area (Å²) >= 11 is 0. The predicted octanol–water partition coefficient (Wildman–Crippen LogP) is 1.57. The van der Waals surface area contributed by atoms with Crippen molar-refractivity contribution in [2.24, 2.45) is 0 Å². The van der Waals surface area contributed by atoms with Crippen molar-refractivity contribution in [2.45, 2.75) is 0 Å². The average molecular weight is 132 g/mol. The van der Waals surface area contributed by atoms with Crippen LogP contribution in [-0.2, 0) is 0 Å². The normalized spacial score (nSPS) is 13.6. The molecule has 0 unspecified atom stereocenters. The molecule has 0 N–H and O–H groups in total. The second-order valence-corrected chi connectivity index (χ2v) is 2.34. The number of aromatic nitrogens is 2. The maximum Gasteiger partial charge on any atom is 0.243 e. The summed E-state index contributed by atoms with van der Waals surface area (Å²) in [4.78, 5) is 0. The Kier molecular flexibility index (Phi) is 0.502. The van der Waals surface area contributed by atoms with Crippen molar-refractivity contribution in [3.63, 3.8) is 0 Å². The molecule has 0 atom stereocenters. The highest BCUT2D eigenvalue weighted by Crippen LogP contribution is 2.26. The molecule has 0 spiro atoms. The molecule has 0 amide bonds. The van der Waals surface area contributed by atoms with Crippen LogP contribution < -0.4 is 0 Å². The quantitative estimate of drug-likeness (QED) is 0.464. The minimum Gasteiger partial charge on any atom is -0.337 e. The van der Waals surface area contributed by atoms with Crippen LogP contribution in [0.3, 0.4) is 0 Å². The Balaban J connectivity index is 2.63. The first-order valence-electron chi connectivity index (χ1n) is 3.09. The Morgan fingerprint density at radius 1 is 1.50 bits per heavy atom. The molecule has 0 saturated carbocycles. The van der Waals surface area contributed by atoms with Crippen LogP contribution in [-0.4, -0.2) is 9.72 Å². The van der Waals surface area contributed by atoms with Gasteiger partial charge in [0.25, 0.3) is 0 Å². The van der Waals surface area contributed by atoms with Crippen LogP contribution in [0.4, 0.5) is 0 Å². The fraction of sp³-hybridized carbons (Fsp3) is 0. The molecule has 10 heavy (non-hydrogen) atoms. The van der Waals surface area contributed by atoms with Crippen LogP contribution in [0.5, 0.6) is 0 Å². The van der Waals surface area contributed by atoms with E-state index in [2.05, 4.69) is 5.16 Å². The number of fused-ring (bicyclic) bond motifs is 3. The molecule has 48 valence electrons. The van der Waals surface area contributed by atoms with Crippen LogP contribution in [0.25, 0.3) is 23.4 Å². The molecular formula is C7H4N2O. The fourth-order valence-electron chi connectivity index (χ4n) is 1.22. The fourth-order valence-corrected chi connectivity index (χ4v) is 1.22. The monoisotopic (exact) mass is 132 g/mol. The van der Waals surface area contributed by atoms with E-state index in [4.69, 9.17) is 4.52 Å². The Hall–Kier alpha value is -1.51. The van der Waals surface area contributed by atoms with Crippen molar-refractivity contribution < 1.29 is 4.52 Å². The van der Waals surface area contributed by atoms with E-state index < -0.39 is 0 Å². The van der Waals surface area contributed by atoms with Gasteiger partial charge in [-0.05, 0) is 12.1 Å². The number of hydrogen-bond donors (Lipinski definition) is 0. The molecule has 2 aromatic heterocycles. The highest BCUT2D eigenvalue weighted by Gasteiger charge is 2.12. The summed E-state index contributed by atoms with van der Waals surface area (Å²) in [6.07, 6.45) is 5.72. The smallest absolute Gasteiger partial charge is 0.243 e. The van der Waals surface area contributed by atoms with Gasteiger partial charge in [0.05, 0.1) is 17.3 Å². The first-order valence-corrected chi connectivity index (χ1v) is 3.09. The Morgan fingerprint density at radius 3 is 3.30 bits per heavy atom. The maximum atomic E-state index is 4.98. The Labute approximate surface area is 56.5 Å². The van der Waals surface area contributed by atoms with E-state index >= 15 is 0 Å². The van der Waals surface area contributed by atoms with E-state index in [-0.39, 0.29) is 0 Å². The Morgan fingerprint density at radius 2 is 2.50 bits per heavy atom. The molecular weight excluding hydrogens is 128 g/mol. The zero-order chi connectivity index (χ0) is 6.55. The minimum atomic E-state index is 0.845. The molecule has 3 rings (SSSR count). The van der Waals surface area contributed by atoms with Gasteiger partial charge in [0, 0.05) is 6.20 Å². The van der Waals surface area contributed by atoms with Crippen LogP contribution in [0.2, 0.25) is 0 Å². The molecule has 0 saturated heterocycles. The lowest BCUT2D eigenvalue weighted by Crippen LogP contribution is -1.95. The highest BCUT2D eigenvalue weighted by atomic mass is 16.5. The largest absolute Gasteiger partial charge is 0.337 e.